The summed E-state index contributed by atoms with van der Waals surface area (Å²) in [6.07, 6.45) is 0. The van der Waals surface area contributed by atoms with Crippen molar-refractivity contribution in [3.63, 3.8) is 0 Å². The molecule has 17 heavy (non-hydrogen) atoms. The zero-order chi connectivity index (χ0) is 12.3. The highest BCUT2D eigenvalue weighted by molar-refractivity contribution is 5.25. The summed E-state index contributed by atoms with van der Waals surface area (Å²) in [4.78, 5) is 0. The fraction of sp³-hybridized carbons (Fsp3) is 0.182. The summed E-state index contributed by atoms with van der Waals surface area (Å²) in [5, 5.41) is 3.64. The van der Waals surface area contributed by atoms with Gasteiger partial charge in [0, 0.05) is 18.7 Å². The normalized spacial score (nSPS) is 10.5. The third-order valence-electron chi connectivity index (χ3n) is 2.08. The van der Waals surface area contributed by atoms with Crippen LogP contribution in [0, 0.1) is 11.6 Å². The van der Waals surface area contributed by atoms with Crippen LogP contribution in [0.5, 0.6) is 5.75 Å². The van der Waals surface area contributed by atoms with Crippen molar-refractivity contribution in [1.82, 2.24) is 5.16 Å². The Bertz CT molecular complexity index is 514. The largest absolute Gasteiger partial charge is 0.482 e. The Kier molecular flexibility index (Phi) is 3.34. The van der Waals surface area contributed by atoms with E-state index in [4.69, 9.17) is 15.0 Å². The summed E-state index contributed by atoms with van der Waals surface area (Å²) in [5.74, 6) is -0.976. The lowest BCUT2D eigenvalue weighted by molar-refractivity contribution is 0.239. The lowest BCUT2D eigenvalue weighted by atomic mass is 10.3. The number of ether oxygens (including phenoxy) is 1. The minimum atomic E-state index is -0.634. The predicted octanol–water partition coefficient (Wildman–Crippen LogP) is 1.99. The summed E-state index contributed by atoms with van der Waals surface area (Å²) in [6, 6.07) is 4.58. The van der Waals surface area contributed by atoms with Gasteiger partial charge in [0.25, 0.3) is 0 Å². The van der Waals surface area contributed by atoms with Gasteiger partial charge in [0.1, 0.15) is 12.4 Å². The molecule has 1 heterocycles. The monoisotopic (exact) mass is 240 g/mol. The van der Waals surface area contributed by atoms with Crippen LogP contribution >= 0.6 is 0 Å². The third-order valence-corrected chi connectivity index (χ3v) is 2.08. The molecule has 0 aliphatic rings. The minimum absolute atomic E-state index is 0.0344. The molecule has 0 fully saturated rings. The van der Waals surface area contributed by atoms with Crippen molar-refractivity contribution in [1.29, 1.82) is 0 Å². The minimum Gasteiger partial charge on any atom is -0.482 e. The summed E-state index contributed by atoms with van der Waals surface area (Å²) in [7, 11) is 0. The van der Waals surface area contributed by atoms with Gasteiger partial charge < -0.3 is 15.0 Å². The lowest BCUT2D eigenvalue weighted by Crippen LogP contribution is -1.97. The van der Waals surface area contributed by atoms with Gasteiger partial charge in [0.15, 0.2) is 17.3 Å². The molecule has 0 saturated carbocycles. The molecule has 0 unspecified atom stereocenters. The summed E-state index contributed by atoms with van der Waals surface area (Å²) < 4.78 is 36.0. The second-order valence-corrected chi connectivity index (χ2v) is 3.35. The lowest BCUT2D eigenvalue weighted by Gasteiger charge is -2.04. The van der Waals surface area contributed by atoms with E-state index in [-0.39, 0.29) is 18.9 Å². The van der Waals surface area contributed by atoms with E-state index in [1.165, 1.54) is 0 Å². The molecule has 0 atom stereocenters. The topological polar surface area (TPSA) is 61.3 Å². The van der Waals surface area contributed by atoms with Gasteiger partial charge in [-0.25, -0.2) is 8.78 Å². The second-order valence-electron chi connectivity index (χ2n) is 3.35. The fourth-order valence-electron chi connectivity index (χ4n) is 1.26. The molecule has 0 aliphatic carbocycles. The molecule has 0 aliphatic heterocycles. The number of halogens is 2. The zero-order valence-corrected chi connectivity index (χ0v) is 8.82. The SMILES string of the molecule is NCc1cc(COc2cc(F)ccc2F)on1. The van der Waals surface area contributed by atoms with Gasteiger partial charge in [-0.1, -0.05) is 5.16 Å². The molecule has 90 valence electrons. The van der Waals surface area contributed by atoms with E-state index in [0.29, 0.717) is 11.5 Å². The number of hydrogen-bond acceptors (Lipinski definition) is 4. The van der Waals surface area contributed by atoms with Crippen molar-refractivity contribution in [2.45, 2.75) is 13.2 Å². The van der Waals surface area contributed by atoms with Gasteiger partial charge in [-0.2, -0.15) is 0 Å². The molecule has 2 rings (SSSR count). The van der Waals surface area contributed by atoms with Crippen LogP contribution in [0.4, 0.5) is 8.78 Å². The van der Waals surface area contributed by atoms with Crippen molar-refractivity contribution >= 4 is 0 Å². The maximum absolute atomic E-state index is 13.2. The van der Waals surface area contributed by atoms with Crippen LogP contribution in [0.15, 0.2) is 28.8 Å². The molecule has 0 spiro atoms. The van der Waals surface area contributed by atoms with Crippen LogP contribution in [0.1, 0.15) is 11.5 Å². The standard InChI is InChI=1S/C11H10F2N2O2/c12-7-1-2-10(13)11(3-7)16-6-9-4-8(5-14)15-17-9/h1-4H,5-6,14H2. The Labute approximate surface area is 96.0 Å². The smallest absolute Gasteiger partial charge is 0.174 e. The van der Waals surface area contributed by atoms with E-state index in [2.05, 4.69) is 5.16 Å². The van der Waals surface area contributed by atoms with Gasteiger partial charge in [-0.05, 0) is 12.1 Å². The van der Waals surface area contributed by atoms with Crippen LogP contribution in [-0.2, 0) is 13.2 Å². The number of hydrogen-bond donors (Lipinski definition) is 1. The first-order valence-corrected chi connectivity index (χ1v) is 4.91. The molecule has 4 nitrogen and oxygen atoms in total. The fourth-order valence-corrected chi connectivity index (χ4v) is 1.26. The summed E-state index contributed by atoms with van der Waals surface area (Å²) >= 11 is 0. The van der Waals surface area contributed by atoms with Crippen LogP contribution < -0.4 is 10.5 Å². The average molecular weight is 240 g/mol. The van der Waals surface area contributed by atoms with Crippen molar-refractivity contribution in [3.8, 4) is 5.75 Å². The van der Waals surface area contributed by atoms with Crippen LogP contribution in [-0.4, -0.2) is 5.16 Å². The second kappa shape index (κ2) is 4.92. The Balaban J connectivity index is 2.04. The predicted molar refractivity (Wildman–Crippen MR) is 55.1 cm³/mol. The molecule has 1 aromatic carbocycles. The van der Waals surface area contributed by atoms with E-state index in [1.54, 1.807) is 6.07 Å². The molecular formula is C11H10F2N2O2. The Morgan fingerprint density at radius 1 is 1.29 bits per heavy atom. The number of aromatic nitrogens is 1. The van der Waals surface area contributed by atoms with E-state index in [9.17, 15) is 8.78 Å². The average Bonchev–Trinajstić information content (AvgIpc) is 2.78. The maximum atomic E-state index is 13.2. The first kappa shape index (κ1) is 11.5. The molecular weight excluding hydrogens is 230 g/mol. The first-order valence-electron chi connectivity index (χ1n) is 4.91. The van der Waals surface area contributed by atoms with Gasteiger partial charge >= 0.3 is 0 Å². The zero-order valence-electron chi connectivity index (χ0n) is 8.82. The van der Waals surface area contributed by atoms with Crippen LogP contribution in [0.2, 0.25) is 0 Å². The van der Waals surface area contributed by atoms with Gasteiger partial charge in [-0.3, -0.25) is 0 Å². The van der Waals surface area contributed by atoms with E-state index in [0.717, 1.165) is 18.2 Å². The van der Waals surface area contributed by atoms with Crippen LogP contribution in [0.3, 0.4) is 0 Å². The summed E-state index contributed by atoms with van der Waals surface area (Å²) in [5.41, 5.74) is 5.91. The van der Waals surface area contributed by atoms with Crippen molar-refractivity contribution in [2.75, 3.05) is 0 Å². The molecule has 0 amide bonds. The van der Waals surface area contributed by atoms with Crippen LogP contribution in [0.25, 0.3) is 0 Å². The number of benzene rings is 1. The Hall–Kier alpha value is -1.95. The van der Waals surface area contributed by atoms with E-state index in [1.807, 2.05) is 0 Å². The molecule has 1 aromatic heterocycles. The highest BCUT2D eigenvalue weighted by Crippen LogP contribution is 2.19. The molecule has 0 bridgehead atoms. The Morgan fingerprint density at radius 3 is 2.82 bits per heavy atom. The van der Waals surface area contributed by atoms with E-state index < -0.39 is 11.6 Å². The molecule has 6 heteroatoms. The summed E-state index contributed by atoms with van der Waals surface area (Å²) in [6.45, 7) is 0.213. The molecule has 0 saturated heterocycles. The highest BCUT2D eigenvalue weighted by atomic mass is 19.1. The maximum Gasteiger partial charge on any atom is 0.174 e. The number of nitrogens with zero attached hydrogens (tertiary/aromatic N) is 1. The Morgan fingerprint density at radius 2 is 2.12 bits per heavy atom. The van der Waals surface area contributed by atoms with E-state index >= 15 is 0 Å². The quantitative estimate of drug-likeness (QED) is 0.887. The number of nitrogens with two attached hydrogens (primary N) is 1. The third kappa shape index (κ3) is 2.79. The van der Waals surface area contributed by atoms with Gasteiger partial charge in [0.05, 0.1) is 5.69 Å². The van der Waals surface area contributed by atoms with Gasteiger partial charge in [0.2, 0.25) is 0 Å². The van der Waals surface area contributed by atoms with Crippen molar-refractivity contribution in [3.05, 3.63) is 47.4 Å². The van der Waals surface area contributed by atoms with Crippen molar-refractivity contribution < 1.29 is 18.0 Å². The van der Waals surface area contributed by atoms with Gasteiger partial charge in [-0.15, -0.1) is 0 Å². The van der Waals surface area contributed by atoms with Crippen molar-refractivity contribution in [2.24, 2.45) is 5.73 Å². The number of rotatable bonds is 4. The molecule has 2 N–H and O–H groups in total. The molecule has 0 radical (unpaired) electrons. The highest BCUT2D eigenvalue weighted by Gasteiger charge is 2.08. The molecule has 2 aromatic rings. The first-order chi connectivity index (χ1) is 8.19.